The summed E-state index contributed by atoms with van der Waals surface area (Å²) in [5.41, 5.74) is 9.00. The number of aryl methyl sites for hydroxylation is 2. The zero-order chi connectivity index (χ0) is 11.5. The average Bonchev–Trinajstić information content (AvgIpc) is 2.70. The Morgan fingerprint density at radius 3 is 2.75 bits per heavy atom. The Morgan fingerprint density at radius 2 is 2.12 bits per heavy atom. The van der Waals surface area contributed by atoms with Crippen LogP contribution in [0.5, 0.6) is 0 Å². The van der Waals surface area contributed by atoms with Crippen LogP contribution in [0.4, 0.5) is 10.8 Å². The van der Waals surface area contributed by atoms with E-state index in [4.69, 9.17) is 5.73 Å². The first-order valence-corrected chi connectivity index (χ1v) is 5.87. The van der Waals surface area contributed by atoms with Crippen LogP contribution in [0.15, 0.2) is 18.2 Å². The van der Waals surface area contributed by atoms with Crippen molar-refractivity contribution >= 4 is 22.2 Å². The lowest BCUT2D eigenvalue weighted by Crippen LogP contribution is -1.94. The second-order valence-corrected chi connectivity index (χ2v) is 4.71. The van der Waals surface area contributed by atoms with Gasteiger partial charge in [0, 0.05) is 12.2 Å². The van der Waals surface area contributed by atoms with Gasteiger partial charge >= 0.3 is 0 Å². The Balaban J connectivity index is 2.20. The van der Waals surface area contributed by atoms with Gasteiger partial charge in [-0.1, -0.05) is 29.0 Å². The Kier molecular flexibility index (Phi) is 3.17. The predicted molar refractivity (Wildman–Crippen MR) is 67.0 cm³/mol. The molecular formula is C11H14N4S. The highest BCUT2D eigenvalue weighted by Crippen LogP contribution is 2.23. The van der Waals surface area contributed by atoms with E-state index >= 15 is 0 Å². The molecule has 1 heterocycles. The van der Waals surface area contributed by atoms with Crippen molar-refractivity contribution in [2.45, 2.75) is 20.4 Å². The number of nitrogens with one attached hydrogen (secondary N) is 1. The highest BCUT2D eigenvalue weighted by molar-refractivity contribution is 7.15. The zero-order valence-corrected chi connectivity index (χ0v) is 10.1. The Hall–Kier alpha value is -1.46. The summed E-state index contributed by atoms with van der Waals surface area (Å²) in [6.45, 7) is 4.58. The van der Waals surface area contributed by atoms with Gasteiger partial charge in [0.2, 0.25) is 5.13 Å². The molecule has 0 radical (unpaired) electrons. The molecule has 2 rings (SSSR count). The van der Waals surface area contributed by atoms with E-state index in [0.717, 1.165) is 15.8 Å². The van der Waals surface area contributed by atoms with Crippen molar-refractivity contribution in [3.8, 4) is 0 Å². The van der Waals surface area contributed by atoms with Gasteiger partial charge in [-0.15, -0.1) is 10.2 Å². The number of anilines is 2. The molecule has 84 valence electrons. The molecule has 0 bridgehead atoms. The summed E-state index contributed by atoms with van der Waals surface area (Å²) in [5, 5.41) is 12.9. The van der Waals surface area contributed by atoms with Crippen molar-refractivity contribution in [1.82, 2.24) is 10.2 Å². The second-order valence-electron chi connectivity index (χ2n) is 3.65. The van der Waals surface area contributed by atoms with E-state index in [9.17, 15) is 0 Å². The first kappa shape index (κ1) is 11.0. The maximum absolute atomic E-state index is 5.49. The molecule has 1 aromatic carbocycles. The second kappa shape index (κ2) is 4.59. The summed E-state index contributed by atoms with van der Waals surface area (Å²) in [6.07, 6.45) is 0. The number of hydrogen-bond acceptors (Lipinski definition) is 5. The molecule has 0 fully saturated rings. The van der Waals surface area contributed by atoms with Crippen molar-refractivity contribution < 1.29 is 0 Å². The topological polar surface area (TPSA) is 63.8 Å². The third-order valence-electron chi connectivity index (χ3n) is 2.26. The molecule has 0 amide bonds. The third-order valence-corrected chi connectivity index (χ3v) is 3.13. The average molecular weight is 234 g/mol. The minimum absolute atomic E-state index is 0.437. The largest absolute Gasteiger partial charge is 0.330 e. The van der Waals surface area contributed by atoms with Gasteiger partial charge in [-0.2, -0.15) is 0 Å². The highest BCUT2D eigenvalue weighted by atomic mass is 32.1. The Labute approximate surface area is 98.5 Å². The lowest BCUT2D eigenvalue weighted by atomic mass is 10.1. The van der Waals surface area contributed by atoms with Crippen molar-refractivity contribution in [1.29, 1.82) is 0 Å². The molecule has 0 saturated carbocycles. The number of benzene rings is 1. The molecule has 1 aromatic heterocycles. The summed E-state index contributed by atoms with van der Waals surface area (Å²) in [5.74, 6) is 0. The van der Waals surface area contributed by atoms with Gasteiger partial charge in [-0.25, -0.2) is 0 Å². The van der Waals surface area contributed by atoms with Crippen LogP contribution in [0.1, 0.15) is 16.1 Å². The molecule has 0 spiro atoms. The maximum Gasteiger partial charge on any atom is 0.210 e. The maximum atomic E-state index is 5.49. The summed E-state index contributed by atoms with van der Waals surface area (Å²) in [6, 6.07) is 6.25. The standard InChI is InChI=1S/C11H14N4S/c1-7-3-4-9(8(2)5-7)13-11-15-14-10(6-12)16-11/h3-5H,6,12H2,1-2H3,(H,13,15). The minimum Gasteiger partial charge on any atom is -0.330 e. The quantitative estimate of drug-likeness (QED) is 0.855. The van der Waals surface area contributed by atoms with E-state index in [1.807, 2.05) is 6.07 Å². The number of rotatable bonds is 3. The third kappa shape index (κ3) is 2.37. The monoisotopic (exact) mass is 234 g/mol. The molecule has 0 aliphatic rings. The first-order chi connectivity index (χ1) is 7.69. The van der Waals surface area contributed by atoms with Crippen LogP contribution in [-0.2, 0) is 6.54 Å². The molecule has 0 saturated heterocycles. The van der Waals surface area contributed by atoms with Crippen LogP contribution in [0.3, 0.4) is 0 Å². The zero-order valence-electron chi connectivity index (χ0n) is 9.32. The highest BCUT2D eigenvalue weighted by Gasteiger charge is 2.04. The smallest absolute Gasteiger partial charge is 0.210 e. The Bertz CT molecular complexity index is 492. The van der Waals surface area contributed by atoms with Gasteiger partial charge < -0.3 is 11.1 Å². The lowest BCUT2D eigenvalue weighted by Gasteiger charge is -2.06. The molecule has 4 nitrogen and oxygen atoms in total. The minimum atomic E-state index is 0.437. The molecule has 16 heavy (non-hydrogen) atoms. The fourth-order valence-corrected chi connectivity index (χ4v) is 2.09. The van der Waals surface area contributed by atoms with Crippen molar-refractivity contribution in [3.63, 3.8) is 0 Å². The van der Waals surface area contributed by atoms with Gasteiger partial charge in [0.05, 0.1) is 0 Å². The summed E-state index contributed by atoms with van der Waals surface area (Å²) in [4.78, 5) is 0. The van der Waals surface area contributed by atoms with Crippen molar-refractivity contribution in [2.24, 2.45) is 5.73 Å². The predicted octanol–water partition coefficient (Wildman–Crippen LogP) is 2.36. The number of hydrogen-bond donors (Lipinski definition) is 2. The molecule has 3 N–H and O–H groups in total. The van der Waals surface area contributed by atoms with Crippen molar-refractivity contribution in [3.05, 3.63) is 34.3 Å². The van der Waals surface area contributed by atoms with Gasteiger partial charge in [0.25, 0.3) is 0 Å². The van der Waals surface area contributed by atoms with Gasteiger partial charge in [-0.05, 0) is 25.5 Å². The van der Waals surface area contributed by atoms with E-state index in [0.29, 0.717) is 6.54 Å². The fraction of sp³-hybridized carbons (Fsp3) is 0.273. The molecule has 2 aromatic rings. The molecular weight excluding hydrogens is 220 g/mol. The van der Waals surface area contributed by atoms with Crippen LogP contribution in [-0.4, -0.2) is 10.2 Å². The molecule has 5 heteroatoms. The van der Waals surface area contributed by atoms with E-state index < -0.39 is 0 Å². The van der Waals surface area contributed by atoms with E-state index in [1.165, 1.54) is 22.5 Å². The molecule has 0 aliphatic carbocycles. The van der Waals surface area contributed by atoms with E-state index in [-0.39, 0.29) is 0 Å². The van der Waals surface area contributed by atoms with Gasteiger partial charge in [0.1, 0.15) is 5.01 Å². The fourth-order valence-electron chi connectivity index (χ4n) is 1.46. The van der Waals surface area contributed by atoms with Gasteiger partial charge in [-0.3, -0.25) is 0 Å². The SMILES string of the molecule is Cc1ccc(Nc2nnc(CN)s2)c(C)c1. The number of nitrogens with two attached hydrogens (primary N) is 1. The summed E-state index contributed by atoms with van der Waals surface area (Å²) in [7, 11) is 0. The number of nitrogens with zero attached hydrogens (tertiary/aromatic N) is 2. The van der Waals surface area contributed by atoms with Crippen LogP contribution in [0.2, 0.25) is 0 Å². The van der Waals surface area contributed by atoms with Crippen molar-refractivity contribution in [2.75, 3.05) is 5.32 Å². The van der Waals surface area contributed by atoms with Gasteiger partial charge in [0.15, 0.2) is 0 Å². The normalized spacial score (nSPS) is 10.4. The number of aromatic nitrogens is 2. The van der Waals surface area contributed by atoms with Crippen LogP contribution in [0.25, 0.3) is 0 Å². The van der Waals surface area contributed by atoms with Crippen LogP contribution >= 0.6 is 11.3 Å². The molecule has 0 aliphatic heterocycles. The Morgan fingerprint density at radius 1 is 1.31 bits per heavy atom. The van der Waals surface area contributed by atoms with Crippen LogP contribution < -0.4 is 11.1 Å². The molecule has 0 unspecified atom stereocenters. The van der Waals surface area contributed by atoms with E-state index in [1.54, 1.807) is 0 Å². The summed E-state index contributed by atoms with van der Waals surface area (Å²) < 4.78 is 0. The van der Waals surface area contributed by atoms with E-state index in [2.05, 4.69) is 41.5 Å². The summed E-state index contributed by atoms with van der Waals surface area (Å²) >= 11 is 1.48. The first-order valence-electron chi connectivity index (χ1n) is 5.06. The molecule has 0 atom stereocenters. The van der Waals surface area contributed by atoms with Crippen LogP contribution in [0, 0.1) is 13.8 Å². The lowest BCUT2D eigenvalue weighted by molar-refractivity contribution is 0.960.